The zero-order valence-corrected chi connectivity index (χ0v) is 15.5. The second kappa shape index (κ2) is 7.89. The van der Waals surface area contributed by atoms with Gasteiger partial charge in [-0.3, -0.25) is 4.90 Å². The molecule has 5 heteroatoms. The van der Waals surface area contributed by atoms with Crippen LogP contribution in [0, 0.1) is 0 Å². The van der Waals surface area contributed by atoms with Crippen molar-refractivity contribution in [1.29, 1.82) is 0 Å². The predicted molar refractivity (Wildman–Crippen MR) is 109 cm³/mol. The quantitative estimate of drug-likeness (QED) is 0.748. The number of urea groups is 1. The van der Waals surface area contributed by atoms with Crippen molar-refractivity contribution in [2.24, 2.45) is 0 Å². The lowest BCUT2D eigenvalue weighted by molar-refractivity contribution is 0.148. The van der Waals surface area contributed by atoms with Gasteiger partial charge in [0.25, 0.3) is 0 Å². The summed E-state index contributed by atoms with van der Waals surface area (Å²) in [6.45, 7) is 4.52. The average Bonchev–Trinajstić information content (AvgIpc) is 3.20. The van der Waals surface area contributed by atoms with Crippen molar-refractivity contribution >= 4 is 33.8 Å². The van der Waals surface area contributed by atoms with E-state index in [2.05, 4.69) is 39.9 Å². The minimum atomic E-state index is -0.00168. The molecule has 0 radical (unpaired) electrons. The highest BCUT2D eigenvalue weighted by molar-refractivity contribution is 7.09. The standard InChI is InChI=1S/C21H23N3OS/c25-21(22-19-8-7-17-4-1-2-5-18(17)16-19)24-13-11-23(12-14-24)10-9-20-6-3-15-26-20/h1-8,15-16H,9-14H2,(H,22,25). The molecule has 1 fully saturated rings. The first kappa shape index (κ1) is 17.1. The van der Waals surface area contributed by atoms with Gasteiger partial charge in [-0.25, -0.2) is 4.79 Å². The molecule has 3 aromatic rings. The second-order valence-electron chi connectivity index (χ2n) is 6.65. The third kappa shape index (κ3) is 4.06. The highest BCUT2D eigenvalue weighted by Crippen LogP contribution is 2.19. The van der Waals surface area contributed by atoms with Crippen molar-refractivity contribution in [3.05, 3.63) is 64.9 Å². The van der Waals surface area contributed by atoms with E-state index in [0.717, 1.165) is 50.2 Å². The molecular weight excluding hydrogens is 342 g/mol. The van der Waals surface area contributed by atoms with Crippen LogP contribution in [-0.2, 0) is 6.42 Å². The van der Waals surface area contributed by atoms with Gasteiger partial charge in [-0.2, -0.15) is 0 Å². The van der Waals surface area contributed by atoms with Crippen LogP contribution in [0.5, 0.6) is 0 Å². The summed E-state index contributed by atoms with van der Waals surface area (Å²) in [4.78, 5) is 18.3. The van der Waals surface area contributed by atoms with E-state index in [1.165, 1.54) is 10.3 Å². The molecule has 1 aliphatic rings. The molecule has 134 valence electrons. The Bertz CT molecular complexity index is 870. The van der Waals surface area contributed by atoms with Crippen molar-refractivity contribution in [2.75, 3.05) is 38.0 Å². The highest BCUT2D eigenvalue weighted by Gasteiger charge is 2.21. The van der Waals surface area contributed by atoms with Crippen LogP contribution in [-0.4, -0.2) is 48.6 Å². The Labute approximate surface area is 158 Å². The Morgan fingerprint density at radius 3 is 2.54 bits per heavy atom. The largest absolute Gasteiger partial charge is 0.322 e. The van der Waals surface area contributed by atoms with Crippen LogP contribution in [0.4, 0.5) is 10.5 Å². The van der Waals surface area contributed by atoms with Gasteiger partial charge in [0.2, 0.25) is 0 Å². The summed E-state index contributed by atoms with van der Waals surface area (Å²) in [6, 6.07) is 18.5. The number of thiophene rings is 1. The molecule has 1 aliphatic heterocycles. The lowest BCUT2D eigenvalue weighted by Crippen LogP contribution is -2.50. The van der Waals surface area contributed by atoms with Gasteiger partial charge in [-0.05, 0) is 40.8 Å². The zero-order chi connectivity index (χ0) is 17.8. The molecule has 1 N–H and O–H groups in total. The fourth-order valence-corrected chi connectivity index (χ4v) is 4.07. The van der Waals surface area contributed by atoms with E-state index in [4.69, 9.17) is 0 Å². The fourth-order valence-electron chi connectivity index (χ4n) is 3.37. The van der Waals surface area contributed by atoms with E-state index in [9.17, 15) is 4.79 Å². The number of anilines is 1. The summed E-state index contributed by atoms with van der Waals surface area (Å²) in [5.74, 6) is 0. The van der Waals surface area contributed by atoms with E-state index in [-0.39, 0.29) is 6.03 Å². The first-order valence-electron chi connectivity index (χ1n) is 9.07. The number of nitrogens with zero attached hydrogens (tertiary/aromatic N) is 2. The number of carbonyl (C=O) groups is 1. The van der Waals surface area contributed by atoms with Crippen LogP contribution in [0.1, 0.15) is 4.88 Å². The Hall–Kier alpha value is -2.37. The predicted octanol–water partition coefficient (Wildman–Crippen LogP) is 4.29. The van der Waals surface area contributed by atoms with Gasteiger partial charge in [-0.1, -0.05) is 36.4 Å². The van der Waals surface area contributed by atoms with E-state index in [1.807, 2.05) is 46.6 Å². The summed E-state index contributed by atoms with van der Waals surface area (Å²) in [7, 11) is 0. The number of rotatable bonds is 4. The molecule has 2 aromatic carbocycles. The lowest BCUT2D eigenvalue weighted by Gasteiger charge is -2.34. The van der Waals surface area contributed by atoms with Crippen molar-refractivity contribution < 1.29 is 4.79 Å². The molecule has 1 saturated heterocycles. The van der Waals surface area contributed by atoms with Crippen molar-refractivity contribution in [2.45, 2.75) is 6.42 Å². The lowest BCUT2D eigenvalue weighted by atomic mass is 10.1. The van der Waals surface area contributed by atoms with Crippen molar-refractivity contribution in [3.63, 3.8) is 0 Å². The fraction of sp³-hybridized carbons (Fsp3) is 0.286. The van der Waals surface area contributed by atoms with Gasteiger partial charge >= 0.3 is 6.03 Å². The molecule has 0 atom stereocenters. The number of benzene rings is 2. The molecule has 1 aromatic heterocycles. The molecule has 2 amide bonds. The maximum Gasteiger partial charge on any atom is 0.321 e. The van der Waals surface area contributed by atoms with Gasteiger partial charge < -0.3 is 10.2 Å². The SMILES string of the molecule is O=C(Nc1ccc2ccccc2c1)N1CCN(CCc2cccs2)CC1. The van der Waals surface area contributed by atoms with E-state index >= 15 is 0 Å². The number of piperazine rings is 1. The van der Waals surface area contributed by atoms with Crippen LogP contribution >= 0.6 is 11.3 Å². The van der Waals surface area contributed by atoms with Crippen LogP contribution in [0.3, 0.4) is 0 Å². The Balaban J connectivity index is 1.28. The molecule has 4 rings (SSSR count). The first-order chi connectivity index (χ1) is 12.8. The molecule has 2 heterocycles. The van der Waals surface area contributed by atoms with Gasteiger partial charge in [-0.15, -0.1) is 11.3 Å². The third-order valence-corrected chi connectivity index (χ3v) is 5.85. The molecule has 0 unspecified atom stereocenters. The van der Waals surface area contributed by atoms with Gasteiger partial charge in [0.15, 0.2) is 0 Å². The molecule has 0 saturated carbocycles. The summed E-state index contributed by atoms with van der Waals surface area (Å²) in [5.41, 5.74) is 0.855. The monoisotopic (exact) mass is 365 g/mol. The Morgan fingerprint density at radius 2 is 1.77 bits per heavy atom. The zero-order valence-electron chi connectivity index (χ0n) is 14.7. The average molecular weight is 366 g/mol. The van der Waals surface area contributed by atoms with Crippen LogP contribution in [0.15, 0.2) is 60.0 Å². The van der Waals surface area contributed by atoms with Crippen LogP contribution < -0.4 is 5.32 Å². The van der Waals surface area contributed by atoms with Gasteiger partial charge in [0.1, 0.15) is 0 Å². The molecule has 4 nitrogen and oxygen atoms in total. The second-order valence-corrected chi connectivity index (χ2v) is 7.68. The topological polar surface area (TPSA) is 35.6 Å². The number of carbonyl (C=O) groups excluding carboxylic acids is 1. The number of hydrogen-bond acceptors (Lipinski definition) is 3. The summed E-state index contributed by atoms with van der Waals surface area (Å²) >= 11 is 1.82. The number of fused-ring (bicyclic) bond motifs is 1. The minimum Gasteiger partial charge on any atom is -0.322 e. The molecule has 0 aliphatic carbocycles. The van der Waals surface area contributed by atoms with Crippen molar-refractivity contribution in [1.82, 2.24) is 9.80 Å². The van der Waals surface area contributed by atoms with E-state index in [1.54, 1.807) is 0 Å². The summed E-state index contributed by atoms with van der Waals surface area (Å²) < 4.78 is 0. The smallest absolute Gasteiger partial charge is 0.321 e. The summed E-state index contributed by atoms with van der Waals surface area (Å²) in [6.07, 6.45) is 1.10. The highest BCUT2D eigenvalue weighted by atomic mass is 32.1. The Kier molecular flexibility index (Phi) is 5.18. The molecule has 0 bridgehead atoms. The normalized spacial score (nSPS) is 15.3. The maximum absolute atomic E-state index is 12.6. The van der Waals surface area contributed by atoms with E-state index in [0.29, 0.717) is 0 Å². The van der Waals surface area contributed by atoms with Gasteiger partial charge in [0.05, 0.1) is 0 Å². The maximum atomic E-state index is 12.6. The number of nitrogens with one attached hydrogen (secondary N) is 1. The number of amides is 2. The minimum absolute atomic E-state index is 0.00168. The summed E-state index contributed by atoms with van der Waals surface area (Å²) in [5, 5.41) is 7.50. The molecule has 26 heavy (non-hydrogen) atoms. The van der Waals surface area contributed by atoms with Crippen molar-refractivity contribution in [3.8, 4) is 0 Å². The molecule has 0 spiro atoms. The Morgan fingerprint density at radius 1 is 0.962 bits per heavy atom. The third-order valence-electron chi connectivity index (χ3n) is 4.91. The van der Waals surface area contributed by atoms with Crippen LogP contribution in [0.2, 0.25) is 0 Å². The van der Waals surface area contributed by atoms with E-state index < -0.39 is 0 Å². The first-order valence-corrected chi connectivity index (χ1v) is 9.95. The van der Waals surface area contributed by atoms with Crippen LogP contribution in [0.25, 0.3) is 10.8 Å². The number of hydrogen-bond donors (Lipinski definition) is 1. The molecular formula is C21H23N3OS. The van der Waals surface area contributed by atoms with Gasteiger partial charge in [0, 0.05) is 43.3 Å².